The van der Waals surface area contributed by atoms with E-state index in [1.807, 2.05) is 4.90 Å². The predicted octanol–water partition coefficient (Wildman–Crippen LogP) is 0.550. The molecule has 3 rings (SSSR count). The minimum Gasteiger partial charge on any atom is -0.477 e. The first kappa shape index (κ1) is 15.3. The van der Waals surface area contributed by atoms with E-state index >= 15 is 0 Å². The Balaban J connectivity index is 2.25. The molecule has 1 unspecified atom stereocenters. The van der Waals surface area contributed by atoms with Gasteiger partial charge >= 0.3 is 5.97 Å². The highest BCUT2D eigenvalue weighted by atomic mass is 19.1. The fourth-order valence-electron chi connectivity index (χ4n) is 2.92. The molecule has 1 aliphatic rings. The summed E-state index contributed by atoms with van der Waals surface area (Å²) in [5, 5.41) is 9.13. The number of halogens is 1. The molecule has 1 saturated heterocycles. The second-order valence-electron chi connectivity index (χ2n) is 5.59. The van der Waals surface area contributed by atoms with Crippen LogP contribution in [-0.4, -0.2) is 41.9 Å². The highest BCUT2D eigenvalue weighted by Gasteiger charge is 2.24. The third-order valence-corrected chi connectivity index (χ3v) is 4.11. The number of pyridine rings is 1. The Hall–Kier alpha value is -2.61. The van der Waals surface area contributed by atoms with E-state index in [4.69, 9.17) is 10.8 Å². The van der Waals surface area contributed by atoms with Gasteiger partial charge in [-0.2, -0.15) is 0 Å². The Morgan fingerprint density at radius 3 is 2.78 bits per heavy atom. The fourth-order valence-corrected chi connectivity index (χ4v) is 2.92. The molecule has 2 aromatic rings. The van der Waals surface area contributed by atoms with Gasteiger partial charge in [-0.1, -0.05) is 0 Å². The molecule has 8 heteroatoms. The Labute approximate surface area is 131 Å². The quantitative estimate of drug-likeness (QED) is 0.763. The van der Waals surface area contributed by atoms with Gasteiger partial charge in [0.1, 0.15) is 11.4 Å². The maximum Gasteiger partial charge on any atom is 0.341 e. The van der Waals surface area contributed by atoms with Crippen molar-refractivity contribution in [3.8, 4) is 0 Å². The van der Waals surface area contributed by atoms with Gasteiger partial charge in [0, 0.05) is 32.4 Å². The fraction of sp³-hybridized carbons (Fsp3) is 0.333. The molecule has 0 amide bonds. The first-order chi connectivity index (χ1) is 10.9. The normalized spacial score (nSPS) is 17.7. The van der Waals surface area contributed by atoms with Crippen LogP contribution in [0.1, 0.15) is 16.8 Å². The summed E-state index contributed by atoms with van der Waals surface area (Å²) >= 11 is 0. The summed E-state index contributed by atoms with van der Waals surface area (Å²) in [4.78, 5) is 25.3. The first-order valence-electron chi connectivity index (χ1n) is 7.23. The number of aromatic carboxylic acids is 1. The molecule has 23 heavy (non-hydrogen) atoms. The minimum atomic E-state index is -1.35. The van der Waals surface area contributed by atoms with Crippen molar-refractivity contribution in [3.63, 3.8) is 0 Å². The van der Waals surface area contributed by atoms with Gasteiger partial charge < -0.3 is 21.2 Å². The Kier molecular flexibility index (Phi) is 3.69. The van der Waals surface area contributed by atoms with E-state index in [0.717, 1.165) is 12.5 Å². The van der Waals surface area contributed by atoms with Crippen LogP contribution >= 0.6 is 0 Å². The summed E-state index contributed by atoms with van der Waals surface area (Å²) in [6.45, 7) is 1.18. The maximum atomic E-state index is 14.4. The number of hydrogen-bond acceptors (Lipinski definition) is 5. The lowest BCUT2D eigenvalue weighted by molar-refractivity contribution is 0.0695. The van der Waals surface area contributed by atoms with Gasteiger partial charge in [-0.25, -0.2) is 9.18 Å². The van der Waals surface area contributed by atoms with Crippen LogP contribution in [-0.2, 0) is 0 Å². The number of nitrogens with two attached hydrogens (primary N) is 1. The number of carbonyl (C=O) groups is 1. The first-order valence-corrected chi connectivity index (χ1v) is 7.23. The van der Waals surface area contributed by atoms with E-state index < -0.39 is 22.8 Å². The Morgan fingerprint density at radius 2 is 2.22 bits per heavy atom. The van der Waals surface area contributed by atoms with Crippen LogP contribution in [0.5, 0.6) is 0 Å². The monoisotopic (exact) mass is 320 g/mol. The van der Waals surface area contributed by atoms with E-state index in [0.29, 0.717) is 24.3 Å². The van der Waals surface area contributed by atoms with Gasteiger partial charge in [-0.05, 0) is 18.6 Å². The van der Waals surface area contributed by atoms with E-state index in [2.05, 4.69) is 5.43 Å². The van der Waals surface area contributed by atoms with Crippen molar-refractivity contribution in [1.82, 2.24) is 4.68 Å². The number of nitrogens with one attached hydrogen (secondary N) is 1. The minimum absolute atomic E-state index is 0.00836. The van der Waals surface area contributed by atoms with Crippen molar-refractivity contribution >= 4 is 22.6 Å². The Morgan fingerprint density at radius 1 is 1.48 bits per heavy atom. The molecule has 1 atom stereocenters. The number of rotatable bonds is 3. The predicted molar refractivity (Wildman–Crippen MR) is 85.2 cm³/mol. The van der Waals surface area contributed by atoms with Crippen LogP contribution in [0.4, 0.5) is 10.1 Å². The molecule has 2 heterocycles. The van der Waals surface area contributed by atoms with E-state index in [-0.39, 0.29) is 11.4 Å². The van der Waals surface area contributed by atoms with Gasteiger partial charge in [0.25, 0.3) is 0 Å². The number of benzene rings is 1. The number of fused-ring (bicyclic) bond motifs is 1. The van der Waals surface area contributed by atoms with Crippen LogP contribution in [0.15, 0.2) is 23.1 Å². The molecule has 0 bridgehead atoms. The van der Waals surface area contributed by atoms with Gasteiger partial charge in [-0.3, -0.25) is 9.47 Å². The lowest BCUT2D eigenvalue weighted by Crippen LogP contribution is -2.27. The smallest absolute Gasteiger partial charge is 0.341 e. The molecule has 0 aliphatic carbocycles. The molecular weight excluding hydrogens is 303 g/mol. The summed E-state index contributed by atoms with van der Waals surface area (Å²) in [5.74, 6) is -1.91. The van der Waals surface area contributed by atoms with Gasteiger partial charge in [0.15, 0.2) is 0 Å². The molecule has 4 N–H and O–H groups in total. The van der Waals surface area contributed by atoms with Crippen LogP contribution in [0.2, 0.25) is 0 Å². The van der Waals surface area contributed by atoms with Crippen LogP contribution in [0, 0.1) is 5.82 Å². The van der Waals surface area contributed by atoms with Gasteiger partial charge in [0.05, 0.1) is 16.6 Å². The van der Waals surface area contributed by atoms with E-state index in [1.54, 1.807) is 13.1 Å². The zero-order valence-electron chi connectivity index (χ0n) is 12.5. The topological polar surface area (TPSA) is 101 Å². The number of carboxylic acid groups (broad SMARTS) is 1. The lowest BCUT2D eigenvalue weighted by atomic mass is 10.1. The number of aromatic nitrogens is 1. The van der Waals surface area contributed by atoms with Crippen molar-refractivity contribution < 1.29 is 14.3 Å². The van der Waals surface area contributed by atoms with E-state index in [1.165, 1.54) is 10.9 Å². The lowest BCUT2D eigenvalue weighted by Gasteiger charge is -2.20. The molecule has 0 radical (unpaired) electrons. The average Bonchev–Trinajstić information content (AvgIpc) is 2.93. The van der Waals surface area contributed by atoms with E-state index in [9.17, 15) is 14.0 Å². The highest BCUT2D eigenvalue weighted by molar-refractivity contribution is 5.93. The molecule has 1 fully saturated rings. The molecule has 0 spiro atoms. The summed E-state index contributed by atoms with van der Waals surface area (Å²) < 4.78 is 15.9. The SMILES string of the molecule is CNn1cc(C(=O)O)c(=O)c2cc(F)c(N3CCC(N)C3)cc21. The summed E-state index contributed by atoms with van der Waals surface area (Å²) in [6.07, 6.45) is 1.97. The zero-order valence-corrected chi connectivity index (χ0v) is 12.5. The number of carboxylic acids is 1. The van der Waals surface area contributed by atoms with Crippen LogP contribution in [0.3, 0.4) is 0 Å². The number of nitrogens with zero attached hydrogens (tertiary/aromatic N) is 2. The second kappa shape index (κ2) is 5.54. The molecule has 1 aromatic heterocycles. The molecule has 122 valence electrons. The van der Waals surface area contributed by atoms with Gasteiger partial charge in [-0.15, -0.1) is 0 Å². The van der Waals surface area contributed by atoms with Crippen molar-refractivity contribution in [2.75, 3.05) is 30.5 Å². The second-order valence-corrected chi connectivity index (χ2v) is 5.59. The maximum absolute atomic E-state index is 14.4. The van der Waals surface area contributed by atoms with Crippen LogP contribution in [0.25, 0.3) is 10.9 Å². The van der Waals surface area contributed by atoms with Crippen molar-refractivity contribution in [2.45, 2.75) is 12.5 Å². The number of hydrogen-bond donors (Lipinski definition) is 3. The van der Waals surface area contributed by atoms with Crippen molar-refractivity contribution in [2.24, 2.45) is 5.73 Å². The average molecular weight is 320 g/mol. The summed E-state index contributed by atoms with van der Waals surface area (Å²) in [6, 6.07) is 2.63. The number of anilines is 1. The third kappa shape index (κ3) is 2.50. The molecule has 1 aliphatic heterocycles. The largest absolute Gasteiger partial charge is 0.477 e. The van der Waals surface area contributed by atoms with Crippen molar-refractivity contribution in [1.29, 1.82) is 0 Å². The standard InChI is InChI=1S/C15H17FN4O3/c1-18-20-7-10(15(22)23)14(21)9-4-11(16)13(5-12(9)20)19-3-2-8(17)6-19/h4-5,7-8,18H,2-3,6,17H2,1H3,(H,22,23). The molecule has 1 aromatic carbocycles. The Bertz CT molecular complexity index is 849. The summed E-state index contributed by atoms with van der Waals surface area (Å²) in [7, 11) is 1.59. The van der Waals surface area contributed by atoms with Gasteiger partial charge in [0.2, 0.25) is 5.43 Å². The van der Waals surface area contributed by atoms with Crippen molar-refractivity contribution in [3.05, 3.63) is 39.9 Å². The summed E-state index contributed by atoms with van der Waals surface area (Å²) in [5.41, 5.74) is 8.30. The molecule has 0 saturated carbocycles. The molecular formula is C15H17FN4O3. The third-order valence-electron chi connectivity index (χ3n) is 4.11. The van der Waals surface area contributed by atoms with Crippen LogP contribution < -0.4 is 21.5 Å². The molecule has 7 nitrogen and oxygen atoms in total. The highest BCUT2D eigenvalue weighted by Crippen LogP contribution is 2.27. The zero-order chi connectivity index (χ0) is 16.7.